The van der Waals surface area contributed by atoms with Crippen LogP contribution in [0.4, 0.5) is 0 Å². The molecule has 1 amide bonds. The standard InChI is InChI=1S/C17H18BrNO2/c1-13-6-8-16(9-7-13)21-11-10-19(2)17(20)14-4-3-5-15(18)12-14/h3-9,12H,10-11H2,1-2H3. The molecule has 110 valence electrons. The van der Waals surface area contributed by atoms with E-state index in [0.717, 1.165) is 10.2 Å². The zero-order valence-corrected chi connectivity index (χ0v) is 13.8. The highest BCUT2D eigenvalue weighted by molar-refractivity contribution is 9.10. The van der Waals surface area contributed by atoms with Crippen LogP contribution in [0.1, 0.15) is 15.9 Å². The lowest BCUT2D eigenvalue weighted by Gasteiger charge is -2.17. The lowest BCUT2D eigenvalue weighted by molar-refractivity contribution is 0.0773. The number of hydrogen-bond donors (Lipinski definition) is 0. The van der Waals surface area contributed by atoms with E-state index in [9.17, 15) is 4.79 Å². The normalized spacial score (nSPS) is 10.2. The van der Waals surface area contributed by atoms with E-state index in [1.165, 1.54) is 5.56 Å². The zero-order valence-electron chi connectivity index (χ0n) is 12.2. The molecule has 0 aliphatic heterocycles. The van der Waals surface area contributed by atoms with E-state index < -0.39 is 0 Å². The summed E-state index contributed by atoms with van der Waals surface area (Å²) < 4.78 is 6.54. The number of hydrogen-bond acceptors (Lipinski definition) is 2. The summed E-state index contributed by atoms with van der Waals surface area (Å²) >= 11 is 3.37. The van der Waals surface area contributed by atoms with Gasteiger partial charge in [0, 0.05) is 17.1 Å². The largest absolute Gasteiger partial charge is 0.492 e. The van der Waals surface area contributed by atoms with Gasteiger partial charge in [-0.1, -0.05) is 39.7 Å². The van der Waals surface area contributed by atoms with Gasteiger partial charge in [-0.3, -0.25) is 4.79 Å². The molecule has 2 aromatic rings. The van der Waals surface area contributed by atoms with E-state index in [1.807, 2.05) is 55.5 Å². The first-order valence-corrected chi connectivity index (χ1v) is 7.56. The average Bonchev–Trinajstić information content (AvgIpc) is 2.48. The summed E-state index contributed by atoms with van der Waals surface area (Å²) in [7, 11) is 1.78. The Balaban J connectivity index is 1.85. The lowest BCUT2D eigenvalue weighted by atomic mass is 10.2. The number of ether oxygens (including phenoxy) is 1. The van der Waals surface area contributed by atoms with Crippen LogP contribution in [0.25, 0.3) is 0 Å². The molecule has 0 unspecified atom stereocenters. The molecule has 0 aromatic heterocycles. The van der Waals surface area contributed by atoms with Crippen molar-refractivity contribution in [1.29, 1.82) is 0 Å². The first kappa shape index (κ1) is 15.6. The number of nitrogens with zero attached hydrogens (tertiary/aromatic N) is 1. The number of carbonyl (C=O) groups excluding carboxylic acids is 1. The number of halogens is 1. The highest BCUT2D eigenvalue weighted by Crippen LogP contribution is 2.14. The quantitative estimate of drug-likeness (QED) is 0.820. The number of carbonyl (C=O) groups is 1. The monoisotopic (exact) mass is 347 g/mol. The van der Waals surface area contributed by atoms with Gasteiger partial charge < -0.3 is 9.64 Å². The van der Waals surface area contributed by atoms with Crippen molar-refractivity contribution < 1.29 is 9.53 Å². The van der Waals surface area contributed by atoms with Crippen LogP contribution in [-0.2, 0) is 0 Å². The Morgan fingerprint density at radius 3 is 2.57 bits per heavy atom. The van der Waals surface area contributed by atoms with Crippen LogP contribution in [0.3, 0.4) is 0 Å². The van der Waals surface area contributed by atoms with Gasteiger partial charge in [0.25, 0.3) is 5.91 Å². The number of rotatable bonds is 5. The van der Waals surface area contributed by atoms with E-state index >= 15 is 0 Å². The molecule has 0 saturated carbocycles. The van der Waals surface area contributed by atoms with Crippen molar-refractivity contribution in [2.75, 3.05) is 20.2 Å². The van der Waals surface area contributed by atoms with Crippen molar-refractivity contribution in [3.05, 3.63) is 64.1 Å². The van der Waals surface area contributed by atoms with Gasteiger partial charge >= 0.3 is 0 Å². The fourth-order valence-corrected chi connectivity index (χ4v) is 2.28. The van der Waals surface area contributed by atoms with Crippen LogP contribution in [0.2, 0.25) is 0 Å². The second kappa shape index (κ2) is 7.27. The van der Waals surface area contributed by atoms with Gasteiger partial charge in [0.1, 0.15) is 12.4 Å². The van der Waals surface area contributed by atoms with Crippen LogP contribution in [0.5, 0.6) is 5.75 Å². The van der Waals surface area contributed by atoms with E-state index in [4.69, 9.17) is 4.74 Å². The molecule has 0 bridgehead atoms. The fraction of sp³-hybridized carbons (Fsp3) is 0.235. The predicted octanol–water partition coefficient (Wildman–Crippen LogP) is 3.91. The molecule has 0 aliphatic rings. The summed E-state index contributed by atoms with van der Waals surface area (Å²) in [5, 5.41) is 0. The Bertz CT molecular complexity index is 610. The SMILES string of the molecule is Cc1ccc(OCCN(C)C(=O)c2cccc(Br)c2)cc1. The minimum Gasteiger partial charge on any atom is -0.492 e. The third-order valence-corrected chi connectivity index (χ3v) is 3.63. The second-order valence-corrected chi connectivity index (χ2v) is 5.81. The van der Waals surface area contributed by atoms with Crippen molar-refractivity contribution in [2.45, 2.75) is 6.92 Å². The molecular formula is C17H18BrNO2. The molecule has 21 heavy (non-hydrogen) atoms. The van der Waals surface area contributed by atoms with Crippen LogP contribution in [-0.4, -0.2) is 31.0 Å². The van der Waals surface area contributed by atoms with Crippen LogP contribution in [0.15, 0.2) is 53.0 Å². The minimum absolute atomic E-state index is 0.0104. The smallest absolute Gasteiger partial charge is 0.253 e. The van der Waals surface area contributed by atoms with Crippen LogP contribution in [0, 0.1) is 6.92 Å². The van der Waals surface area contributed by atoms with Gasteiger partial charge in [-0.15, -0.1) is 0 Å². The Morgan fingerprint density at radius 2 is 1.90 bits per heavy atom. The average molecular weight is 348 g/mol. The summed E-state index contributed by atoms with van der Waals surface area (Å²) in [6.45, 7) is 3.05. The van der Waals surface area contributed by atoms with Crippen molar-refractivity contribution in [1.82, 2.24) is 4.90 Å². The first-order chi connectivity index (χ1) is 10.1. The molecule has 2 rings (SSSR count). The Hall–Kier alpha value is -1.81. The summed E-state index contributed by atoms with van der Waals surface area (Å²) in [5.74, 6) is 0.813. The molecule has 0 radical (unpaired) electrons. The highest BCUT2D eigenvalue weighted by atomic mass is 79.9. The molecule has 0 saturated heterocycles. The number of benzene rings is 2. The lowest BCUT2D eigenvalue weighted by Crippen LogP contribution is -2.30. The molecule has 0 fully saturated rings. The number of aryl methyl sites for hydroxylation is 1. The van der Waals surface area contributed by atoms with Crippen molar-refractivity contribution in [2.24, 2.45) is 0 Å². The molecule has 0 atom stereocenters. The van der Waals surface area contributed by atoms with Gasteiger partial charge in [-0.2, -0.15) is 0 Å². The summed E-state index contributed by atoms with van der Waals surface area (Å²) in [5.41, 5.74) is 1.87. The van der Waals surface area contributed by atoms with Gasteiger partial charge in [-0.25, -0.2) is 0 Å². The summed E-state index contributed by atoms with van der Waals surface area (Å²) in [6.07, 6.45) is 0. The van der Waals surface area contributed by atoms with Gasteiger partial charge in [0.2, 0.25) is 0 Å². The molecule has 0 N–H and O–H groups in total. The van der Waals surface area contributed by atoms with Gasteiger partial charge in [0.05, 0.1) is 6.54 Å². The zero-order chi connectivity index (χ0) is 15.2. The topological polar surface area (TPSA) is 29.5 Å². The molecule has 3 nitrogen and oxygen atoms in total. The van der Waals surface area contributed by atoms with Crippen LogP contribution >= 0.6 is 15.9 Å². The molecule has 2 aromatic carbocycles. The summed E-state index contributed by atoms with van der Waals surface area (Å²) in [4.78, 5) is 13.9. The molecule has 4 heteroatoms. The Kier molecular flexibility index (Phi) is 5.39. The Morgan fingerprint density at radius 1 is 1.19 bits per heavy atom. The van der Waals surface area contributed by atoms with E-state index in [-0.39, 0.29) is 5.91 Å². The van der Waals surface area contributed by atoms with E-state index in [2.05, 4.69) is 15.9 Å². The molecule has 0 aliphatic carbocycles. The van der Waals surface area contributed by atoms with Crippen molar-refractivity contribution in [3.63, 3.8) is 0 Å². The molecular weight excluding hydrogens is 330 g/mol. The maximum atomic E-state index is 12.2. The maximum absolute atomic E-state index is 12.2. The van der Waals surface area contributed by atoms with E-state index in [0.29, 0.717) is 18.7 Å². The van der Waals surface area contributed by atoms with E-state index in [1.54, 1.807) is 11.9 Å². The van der Waals surface area contributed by atoms with Gasteiger partial charge in [-0.05, 0) is 37.3 Å². The second-order valence-electron chi connectivity index (χ2n) is 4.90. The fourth-order valence-electron chi connectivity index (χ4n) is 1.88. The molecule has 0 spiro atoms. The third-order valence-electron chi connectivity index (χ3n) is 3.13. The first-order valence-electron chi connectivity index (χ1n) is 6.77. The van der Waals surface area contributed by atoms with Gasteiger partial charge in [0.15, 0.2) is 0 Å². The van der Waals surface area contributed by atoms with Crippen LogP contribution < -0.4 is 4.74 Å². The summed E-state index contributed by atoms with van der Waals surface area (Å²) in [6, 6.07) is 15.3. The minimum atomic E-state index is -0.0104. The number of amides is 1. The third kappa shape index (κ3) is 4.60. The Labute approximate surface area is 133 Å². The number of likely N-dealkylation sites (N-methyl/N-ethyl adjacent to an activating group) is 1. The van der Waals surface area contributed by atoms with Crippen molar-refractivity contribution >= 4 is 21.8 Å². The maximum Gasteiger partial charge on any atom is 0.253 e. The van der Waals surface area contributed by atoms with Crippen molar-refractivity contribution in [3.8, 4) is 5.75 Å². The highest BCUT2D eigenvalue weighted by Gasteiger charge is 2.11. The predicted molar refractivity (Wildman–Crippen MR) is 87.8 cm³/mol. The molecule has 0 heterocycles.